The van der Waals surface area contributed by atoms with Gasteiger partial charge in [0.1, 0.15) is 0 Å². The Balaban J connectivity index is 1.43. The smallest absolute Gasteiger partial charge is 0.272 e. The van der Waals surface area contributed by atoms with Gasteiger partial charge in [0.2, 0.25) is 0 Å². The zero-order chi connectivity index (χ0) is 14.4. The maximum atomic E-state index is 12.4. The minimum atomic E-state index is -0.0565. The van der Waals surface area contributed by atoms with Gasteiger partial charge in [0.05, 0.1) is 6.20 Å². The van der Waals surface area contributed by atoms with Crippen LogP contribution < -0.4 is 5.32 Å². The van der Waals surface area contributed by atoms with Crippen LogP contribution in [0.25, 0.3) is 0 Å². The van der Waals surface area contributed by atoms with Gasteiger partial charge in [-0.2, -0.15) is 5.10 Å². The minimum Gasteiger partial charge on any atom is -0.348 e. The lowest BCUT2D eigenvalue weighted by Gasteiger charge is -2.36. The summed E-state index contributed by atoms with van der Waals surface area (Å²) in [6, 6.07) is 3.48. The van der Waals surface area contributed by atoms with E-state index < -0.39 is 0 Å². The second-order valence-electron chi connectivity index (χ2n) is 6.84. The number of carbonyl (C=O) groups excluding carboxylic acids is 1. The number of rotatable bonds is 3. The van der Waals surface area contributed by atoms with Gasteiger partial charge < -0.3 is 10.2 Å². The van der Waals surface area contributed by atoms with Gasteiger partial charge in [-0.3, -0.25) is 4.79 Å². The maximum absolute atomic E-state index is 12.4. The van der Waals surface area contributed by atoms with Crippen molar-refractivity contribution in [2.75, 3.05) is 7.05 Å². The van der Waals surface area contributed by atoms with Crippen LogP contribution in [-0.2, 0) is 0 Å². The van der Waals surface area contributed by atoms with Crippen LogP contribution in [-0.4, -0.2) is 46.2 Å². The van der Waals surface area contributed by atoms with Gasteiger partial charge in [-0.15, -0.1) is 5.10 Å². The molecule has 3 atom stereocenters. The van der Waals surface area contributed by atoms with Crippen LogP contribution in [0, 0.1) is 0 Å². The van der Waals surface area contributed by atoms with Crippen molar-refractivity contribution in [1.82, 2.24) is 20.4 Å². The lowest BCUT2D eigenvalue weighted by Crippen LogP contribution is -2.48. The molecule has 3 fully saturated rings. The van der Waals surface area contributed by atoms with Crippen LogP contribution in [0.1, 0.15) is 60.5 Å². The first kappa shape index (κ1) is 13.2. The van der Waals surface area contributed by atoms with Crippen LogP contribution in [0.2, 0.25) is 0 Å². The Labute approximate surface area is 125 Å². The summed E-state index contributed by atoms with van der Waals surface area (Å²) in [5, 5.41) is 11.2. The molecule has 1 amide bonds. The summed E-state index contributed by atoms with van der Waals surface area (Å²) >= 11 is 0. The Morgan fingerprint density at radius 3 is 2.62 bits per heavy atom. The summed E-state index contributed by atoms with van der Waals surface area (Å²) in [7, 11) is 2.21. The molecule has 3 aliphatic rings. The summed E-state index contributed by atoms with van der Waals surface area (Å²) in [5.74, 6) is 0.546. The highest BCUT2D eigenvalue weighted by Crippen LogP contribution is 2.39. The molecule has 0 radical (unpaired) electrons. The number of fused-ring (bicyclic) bond motifs is 2. The van der Waals surface area contributed by atoms with E-state index in [0.29, 0.717) is 23.7 Å². The Kier molecular flexibility index (Phi) is 3.17. The predicted octanol–water partition coefficient (Wildman–Crippen LogP) is 1.71. The topological polar surface area (TPSA) is 58.1 Å². The summed E-state index contributed by atoms with van der Waals surface area (Å²) < 4.78 is 0. The number of piperidine rings is 1. The molecular weight excluding hydrogens is 264 g/mol. The van der Waals surface area contributed by atoms with E-state index in [1.807, 2.05) is 6.07 Å². The van der Waals surface area contributed by atoms with Crippen molar-refractivity contribution < 1.29 is 4.79 Å². The van der Waals surface area contributed by atoms with Gasteiger partial charge in [0.15, 0.2) is 5.69 Å². The molecule has 0 spiro atoms. The monoisotopic (exact) mass is 286 g/mol. The molecule has 4 rings (SSSR count). The molecule has 1 N–H and O–H groups in total. The number of amides is 1. The fourth-order valence-electron chi connectivity index (χ4n) is 3.92. The highest BCUT2D eigenvalue weighted by Gasteiger charge is 2.39. The minimum absolute atomic E-state index is 0.0565. The van der Waals surface area contributed by atoms with Gasteiger partial charge in [-0.1, -0.05) is 0 Å². The second kappa shape index (κ2) is 5.05. The van der Waals surface area contributed by atoms with Crippen molar-refractivity contribution in [2.24, 2.45) is 0 Å². The van der Waals surface area contributed by atoms with E-state index in [1.54, 1.807) is 6.20 Å². The van der Waals surface area contributed by atoms with Crippen LogP contribution in [0.15, 0.2) is 12.3 Å². The lowest BCUT2D eigenvalue weighted by atomic mass is 9.98. The molecule has 112 valence electrons. The second-order valence-corrected chi connectivity index (χ2v) is 6.84. The zero-order valence-electron chi connectivity index (χ0n) is 12.5. The lowest BCUT2D eigenvalue weighted by molar-refractivity contribution is 0.0876. The maximum Gasteiger partial charge on any atom is 0.272 e. The molecule has 2 aliphatic heterocycles. The molecule has 2 saturated heterocycles. The van der Waals surface area contributed by atoms with Crippen LogP contribution in [0.3, 0.4) is 0 Å². The summed E-state index contributed by atoms with van der Waals surface area (Å²) in [6.45, 7) is 0. The van der Waals surface area contributed by atoms with E-state index in [1.165, 1.54) is 31.2 Å². The Morgan fingerprint density at radius 1 is 1.24 bits per heavy atom. The normalized spacial score (nSPS) is 32.1. The first-order valence-corrected chi connectivity index (χ1v) is 8.06. The van der Waals surface area contributed by atoms with Gasteiger partial charge in [-0.05, 0) is 63.1 Å². The van der Waals surface area contributed by atoms with Crippen LogP contribution >= 0.6 is 0 Å². The number of hydrogen-bond acceptors (Lipinski definition) is 4. The van der Waals surface area contributed by atoms with Crippen molar-refractivity contribution in [3.05, 3.63) is 23.5 Å². The first-order valence-electron chi connectivity index (χ1n) is 8.06. The fourth-order valence-corrected chi connectivity index (χ4v) is 3.92. The van der Waals surface area contributed by atoms with E-state index in [2.05, 4.69) is 27.5 Å². The predicted molar refractivity (Wildman–Crippen MR) is 79.1 cm³/mol. The SMILES string of the molecule is CN1[C@@H]2CC[C@H]1C[C@@H](NC(=O)c1cc(C3CC3)cnn1)C2. The molecule has 1 aliphatic carbocycles. The van der Waals surface area contributed by atoms with Gasteiger partial charge in [0.25, 0.3) is 5.91 Å². The molecule has 1 aromatic heterocycles. The Bertz CT molecular complexity index is 543. The summed E-state index contributed by atoms with van der Waals surface area (Å²) in [5.41, 5.74) is 1.64. The number of carbonyl (C=O) groups is 1. The third-order valence-electron chi connectivity index (χ3n) is 5.39. The molecule has 0 aromatic carbocycles. The number of nitrogens with one attached hydrogen (secondary N) is 1. The quantitative estimate of drug-likeness (QED) is 0.919. The molecule has 2 bridgehead atoms. The highest BCUT2D eigenvalue weighted by atomic mass is 16.2. The third kappa shape index (κ3) is 2.55. The number of aromatic nitrogens is 2. The van der Waals surface area contributed by atoms with Crippen molar-refractivity contribution in [3.63, 3.8) is 0 Å². The largest absolute Gasteiger partial charge is 0.348 e. The van der Waals surface area contributed by atoms with Crippen molar-refractivity contribution >= 4 is 5.91 Å². The highest BCUT2D eigenvalue weighted by molar-refractivity contribution is 5.92. The van der Waals surface area contributed by atoms with E-state index in [0.717, 1.165) is 12.8 Å². The van der Waals surface area contributed by atoms with Crippen molar-refractivity contribution in [1.29, 1.82) is 0 Å². The zero-order valence-corrected chi connectivity index (χ0v) is 12.5. The molecule has 3 heterocycles. The van der Waals surface area contributed by atoms with Gasteiger partial charge >= 0.3 is 0 Å². The van der Waals surface area contributed by atoms with Crippen LogP contribution in [0.5, 0.6) is 0 Å². The average Bonchev–Trinajstić information content (AvgIpc) is 3.30. The molecule has 1 aromatic rings. The first-order chi connectivity index (χ1) is 10.2. The van der Waals surface area contributed by atoms with E-state index in [4.69, 9.17) is 0 Å². The number of nitrogens with zero attached hydrogens (tertiary/aromatic N) is 3. The molecule has 5 nitrogen and oxygen atoms in total. The van der Waals surface area contributed by atoms with Gasteiger partial charge in [0, 0.05) is 18.1 Å². The Morgan fingerprint density at radius 2 is 1.95 bits per heavy atom. The van der Waals surface area contributed by atoms with Gasteiger partial charge in [-0.25, -0.2) is 0 Å². The van der Waals surface area contributed by atoms with E-state index in [-0.39, 0.29) is 11.9 Å². The molecular formula is C16H22N4O. The molecule has 5 heteroatoms. The Hall–Kier alpha value is -1.49. The molecule has 1 saturated carbocycles. The van der Waals surface area contributed by atoms with Crippen LogP contribution in [0.4, 0.5) is 0 Å². The molecule has 0 unspecified atom stereocenters. The summed E-state index contributed by atoms with van der Waals surface area (Å²) in [6.07, 6.45) is 8.89. The van der Waals surface area contributed by atoms with Crippen molar-refractivity contribution in [3.8, 4) is 0 Å². The third-order valence-corrected chi connectivity index (χ3v) is 5.39. The number of hydrogen-bond donors (Lipinski definition) is 1. The van der Waals surface area contributed by atoms with Crippen molar-refractivity contribution in [2.45, 2.75) is 62.6 Å². The van der Waals surface area contributed by atoms with E-state index in [9.17, 15) is 4.79 Å². The van der Waals surface area contributed by atoms with E-state index >= 15 is 0 Å². The standard InChI is InChI=1S/C16H22N4O/c1-20-13-4-5-14(20)8-12(7-13)18-16(21)15-6-11(9-17-19-15)10-2-3-10/h6,9-10,12-14H,2-5,7-8H2,1H3,(H,18,21)/t12-,13+,14-. The fraction of sp³-hybridized carbons (Fsp3) is 0.688. The molecule has 21 heavy (non-hydrogen) atoms. The summed E-state index contributed by atoms with van der Waals surface area (Å²) in [4.78, 5) is 14.9. The average molecular weight is 286 g/mol.